The smallest absolute Gasteiger partial charge is 0.0626 e. The minimum atomic E-state index is 0.0786. The molecule has 1 unspecified atom stereocenters. The molecule has 0 aliphatic rings. The summed E-state index contributed by atoms with van der Waals surface area (Å²) in [7, 11) is 0. The third kappa shape index (κ3) is 3.13. The van der Waals surface area contributed by atoms with Crippen molar-refractivity contribution in [3.8, 4) is 0 Å². The molecule has 0 saturated heterocycles. The lowest BCUT2D eigenvalue weighted by atomic mass is 10.1. The molecular weight excluding hydrogens is 174 g/mol. The molecule has 0 saturated carbocycles. The zero-order valence-electron chi connectivity index (χ0n) is 8.96. The van der Waals surface area contributed by atoms with Gasteiger partial charge in [0.05, 0.1) is 12.6 Å². The van der Waals surface area contributed by atoms with E-state index in [1.807, 2.05) is 6.07 Å². The number of hydrogen-bond donors (Lipinski definition) is 2. The Bertz CT molecular complexity index is 273. The van der Waals surface area contributed by atoms with Crippen LogP contribution in [0.4, 0.5) is 0 Å². The Labute approximate surface area is 86.0 Å². The van der Waals surface area contributed by atoms with Gasteiger partial charge in [0, 0.05) is 0 Å². The van der Waals surface area contributed by atoms with Crippen molar-refractivity contribution in [3.05, 3.63) is 35.4 Å². The Balaban J connectivity index is 2.68. The SMILES string of the molecule is CCCNC(CO)c1cccc(C)c1. The van der Waals surface area contributed by atoms with Crippen molar-refractivity contribution in [2.75, 3.05) is 13.2 Å². The van der Waals surface area contributed by atoms with E-state index in [1.165, 1.54) is 11.1 Å². The minimum absolute atomic E-state index is 0.0786. The highest BCUT2D eigenvalue weighted by Crippen LogP contribution is 2.13. The van der Waals surface area contributed by atoms with Crippen LogP contribution in [-0.4, -0.2) is 18.3 Å². The van der Waals surface area contributed by atoms with Gasteiger partial charge in [-0.2, -0.15) is 0 Å². The summed E-state index contributed by atoms with van der Waals surface area (Å²) in [5.41, 5.74) is 2.40. The van der Waals surface area contributed by atoms with E-state index in [1.54, 1.807) is 0 Å². The van der Waals surface area contributed by atoms with E-state index in [9.17, 15) is 5.11 Å². The minimum Gasteiger partial charge on any atom is -0.394 e. The molecule has 1 aromatic rings. The van der Waals surface area contributed by atoms with Crippen molar-refractivity contribution >= 4 is 0 Å². The van der Waals surface area contributed by atoms with Crippen LogP contribution in [0.25, 0.3) is 0 Å². The summed E-state index contributed by atoms with van der Waals surface area (Å²) < 4.78 is 0. The molecule has 0 bridgehead atoms. The number of benzene rings is 1. The topological polar surface area (TPSA) is 32.3 Å². The molecule has 0 aliphatic carbocycles. The lowest BCUT2D eigenvalue weighted by Gasteiger charge is -2.16. The summed E-state index contributed by atoms with van der Waals surface area (Å²) >= 11 is 0. The van der Waals surface area contributed by atoms with Crippen LogP contribution < -0.4 is 5.32 Å². The van der Waals surface area contributed by atoms with Crippen LogP contribution in [0.3, 0.4) is 0 Å². The lowest BCUT2D eigenvalue weighted by Crippen LogP contribution is -2.25. The molecule has 1 aromatic carbocycles. The van der Waals surface area contributed by atoms with Crippen molar-refractivity contribution in [2.45, 2.75) is 26.3 Å². The van der Waals surface area contributed by atoms with Gasteiger partial charge in [-0.1, -0.05) is 36.8 Å². The van der Waals surface area contributed by atoms with Gasteiger partial charge in [-0.25, -0.2) is 0 Å². The van der Waals surface area contributed by atoms with Crippen LogP contribution in [0.2, 0.25) is 0 Å². The molecule has 0 aromatic heterocycles. The molecule has 0 aliphatic heterocycles. The third-order valence-corrected chi connectivity index (χ3v) is 2.27. The number of nitrogens with one attached hydrogen (secondary N) is 1. The molecule has 2 N–H and O–H groups in total. The maximum absolute atomic E-state index is 9.23. The molecule has 2 heteroatoms. The fourth-order valence-corrected chi connectivity index (χ4v) is 1.49. The Morgan fingerprint density at radius 3 is 2.79 bits per heavy atom. The van der Waals surface area contributed by atoms with Crippen molar-refractivity contribution < 1.29 is 5.11 Å². The van der Waals surface area contributed by atoms with Crippen molar-refractivity contribution in [2.24, 2.45) is 0 Å². The van der Waals surface area contributed by atoms with Gasteiger partial charge in [0.15, 0.2) is 0 Å². The highest BCUT2D eigenvalue weighted by molar-refractivity contribution is 5.25. The van der Waals surface area contributed by atoms with Crippen LogP contribution in [0, 0.1) is 6.92 Å². The van der Waals surface area contributed by atoms with Gasteiger partial charge in [-0.05, 0) is 25.5 Å². The average molecular weight is 193 g/mol. The van der Waals surface area contributed by atoms with Gasteiger partial charge in [-0.3, -0.25) is 0 Å². The van der Waals surface area contributed by atoms with Crippen LogP contribution >= 0.6 is 0 Å². The number of rotatable bonds is 5. The quantitative estimate of drug-likeness (QED) is 0.750. The highest BCUT2D eigenvalue weighted by Gasteiger charge is 2.08. The average Bonchev–Trinajstić information content (AvgIpc) is 2.19. The van der Waals surface area contributed by atoms with Crippen molar-refractivity contribution in [1.29, 1.82) is 0 Å². The second-order valence-electron chi connectivity index (χ2n) is 3.60. The summed E-state index contributed by atoms with van der Waals surface area (Å²) in [6, 6.07) is 8.34. The van der Waals surface area contributed by atoms with E-state index in [4.69, 9.17) is 0 Å². The molecule has 14 heavy (non-hydrogen) atoms. The van der Waals surface area contributed by atoms with Crippen LogP contribution in [0.15, 0.2) is 24.3 Å². The van der Waals surface area contributed by atoms with Gasteiger partial charge >= 0.3 is 0 Å². The summed E-state index contributed by atoms with van der Waals surface area (Å²) in [6.07, 6.45) is 1.09. The van der Waals surface area contributed by atoms with E-state index < -0.39 is 0 Å². The maximum Gasteiger partial charge on any atom is 0.0626 e. The zero-order valence-corrected chi connectivity index (χ0v) is 8.96. The highest BCUT2D eigenvalue weighted by atomic mass is 16.3. The molecule has 0 amide bonds. The fraction of sp³-hybridized carbons (Fsp3) is 0.500. The number of aliphatic hydroxyl groups is 1. The first kappa shape index (κ1) is 11.2. The van der Waals surface area contributed by atoms with Gasteiger partial charge in [0.2, 0.25) is 0 Å². The summed E-state index contributed by atoms with van der Waals surface area (Å²) in [5.74, 6) is 0. The Kier molecular flexibility index (Phi) is 4.63. The van der Waals surface area contributed by atoms with Crippen LogP contribution in [0.1, 0.15) is 30.5 Å². The van der Waals surface area contributed by atoms with Gasteiger partial charge in [0.25, 0.3) is 0 Å². The molecule has 2 nitrogen and oxygen atoms in total. The van der Waals surface area contributed by atoms with E-state index in [0.29, 0.717) is 0 Å². The predicted molar refractivity (Wildman–Crippen MR) is 59.3 cm³/mol. The van der Waals surface area contributed by atoms with Crippen molar-refractivity contribution in [3.63, 3.8) is 0 Å². The predicted octanol–water partition coefficient (Wildman–Crippen LogP) is 2.03. The zero-order chi connectivity index (χ0) is 10.4. The molecule has 0 spiro atoms. The summed E-state index contributed by atoms with van der Waals surface area (Å²) in [4.78, 5) is 0. The van der Waals surface area contributed by atoms with Crippen molar-refractivity contribution in [1.82, 2.24) is 5.32 Å². The summed E-state index contributed by atoms with van der Waals surface area (Å²) in [5, 5.41) is 12.5. The summed E-state index contributed by atoms with van der Waals surface area (Å²) in [6.45, 7) is 5.29. The van der Waals surface area contributed by atoms with E-state index in [-0.39, 0.29) is 12.6 Å². The largest absolute Gasteiger partial charge is 0.394 e. The van der Waals surface area contributed by atoms with Gasteiger partial charge in [0.1, 0.15) is 0 Å². The fourth-order valence-electron chi connectivity index (χ4n) is 1.49. The van der Waals surface area contributed by atoms with Gasteiger partial charge < -0.3 is 10.4 Å². The Morgan fingerprint density at radius 2 is 2.21 bits per heavy atom. The second-order valence-corrected chi connectivity index (χ2v) is 3.60. The first-order valence-corrected chi connectivity index (χ1v) is 5.18. The molecule has 1 atom stereocenters. The first-order valence-electron chi connectivity index (χ1n) is 5.18. The van der Waals surface area contributed by atoms with Crippen LogP contribution in [0.5, 0.6) is 0 Å². The molecule has 0 heterocycles. The second kappa shape index (κ2) is 5.78. The first-order chi connectivity index (χ1) is 6.77. The standard InChI is InChI=1S/C12H19NO/c1-3-7-13-12(9-14)11-6-4-5-10(2)8-11/h4-6,8,12-14H,3,7,9H2,1-2H3. The molecular formula is C12H19NO. The molecule has 0 fully saturated rings. The lowest BCUT2D eigenvalue weighted by molar-refractivity contribution is 0.245. The molecule has 78 valence electrons. The number of hydrogen-bond acceptors (Lipinski definition) is 2. The number of aliphatic hydroxyl groups excluding tert-OH is 1. The molecule has 1 rings (SSSR count). The van der Waals surface area contributed by atoms with Gasteiger partial charge in [-0.15, -0.1) is 0 Å². The van der Waals surface area contributed by atoms with Crippen LogP contribution in [-0.2, 0) is 0 Å². The Hall–Kier alpha value is -0.860. The van der Waals surface area contributed by atoms with E-state index >= 15 is 0 Å². The maximum atomic E-state index is 9.23. The monoisotopic (exact) mass is 193 g/mol. The molecule has 0 radical (unpaired) electrons. The normalized spacial score (nSPS) is 12.8. The number of aryl methyl sites for hydroxylation is 1. The Morgan fingerprint density at radius 1 is 1.43 bits per heavy atom. The van der Waals surface area contributed by atoms with E-state index in [2.05, 4.69) is 37.4 Å². The van der Waals surface area contributed by atoms with E-state index in [0.717, 1.165) is 13.0 Å². The third-order valence-electron chi connectivity index (χ3n) is 2.27.